The Kier molecular flexibility index (Phi) is 9.80. The molecule has 0 spiro atoms. The molecule has 1 aliphatic rings. The van der Waals surface area contributed by atoms with E-state index < -0.39 is 28.0 Å². The Morgan fingerprint density at radius 3 is 2.51 bits per heavy atom. The molecule has 11 heteroatoms. The molecule has 0 aliphatic carbocycles. The highest BCUT2D eigenvalue weighted by Gasteiger charge is 2.47. The second-order valence-corrected chi connectivity index (χ2v) is 12.9. The van der Waals surface area contributed by atoms with Gasteiger partial charge in [0.05, 0.1) is 18.2 Å². The molecule has 4 N–H and O–H groups in total. The van der Waals surface area contributed by atoms with Crippen molar-refractivity contribution in [1.29, 1.82) is 0 Å². The first kappa shape index (κ1) is 31.7. The van der Waals surface area contributed by atoms with Crippen LogP contribution in [0.1, 0.15) is 36.0 Å². The van der Waals surface area contributed by atoms with Gasteiger partial charge in [-0.05, 0) is 83.5 Å². The van der Waals surface area contributed by atoms with E-state index in [4.69, 9.17) is 16.3 Å². The zero-order chi connectivity index (χ0) is 32.0. The fourth-order valence-corrected chi connectivity index (χ4v) is 7.73. The van der Waals surface area contributed by atoms with Crippen molar-refractivity contribution in [3.05, 3.63) is 108 Å². The minimum absolute atomic E-state index is 0.0300. The van der Waals surface area contributed by atoms with E-state index in [9.17, 15) is 18.0 Å². The molecule has 1 aliphatic heterocycles. The lowest BCUT2D eigenvalue weighted by Gasteiger charge is -2.33. The Morgan fingerprint density at radius 1 is 1.02 bits per heavy atom. The van der Waals surface area contributed by atoms with Crippen molar-refractivity contribution in [1.82, 2.24) is 9.21 Å². The lowest BCUT2D eigenvalue weighted by molar-refractivity contribution is -0.132. The Labute approximate surface area is 263 Å². The molecule has 1 saturated heterocycles. The van der Waals surface area contributed by atoms with Gasteiger partial charge in [-0.1, -0.05) is 60.7 Å². The third-order valence-electron chi connectivity index (χ3n) is 8.14. The molecule has 0 radical (unpaired) electrons. The summed E-state index contributed by atoms with van der Waals surface area (Å²) >= 11 is 0. The van der Waals surface area contributed by atoms with Crippen LogP contribution in [-0.2, 0) is 32.6 Å². The van der Waals surface area contributed by atoms with Crippen molar-refractivity contribution in [2.24, 2.45) is 16.7 Å². The number of amides is 2. The summed E-state index contributed by atoms with van der Waals surface area (Å²) in [5.74, 6) is 4.70. The van der Waals surface area contributed by atoms with Crippen LogP contribution in [0.15, 0.2) is 101 Å². The van der Waals surface area contributed by atoms with Crippen LogP contribution in [0.5, 0.6) is 5.75 Å². The number of benzene rings is 4. The van der Waals surface area contributed by atoms with Gasteiger partial charge in [0, 0.05) is 13.1 Å². The van der Waals surface area contributed by atoms with Crippen LogP contribution in [-0.4, -0.2) is 61.4 Å². The number of hydrogen-bond donors (Lipinski definition) is 2. The molecule has 0 aromatic heterocycles. The monoisotopic (exact) mass is 627 g/mol. The van der Waals surface area contributed by atoms with Crippen LogP contribution in [0, 0.1) is 0 Å². The van der Waals surface area contributed by atoms with Gasteiger partial charge in [0.15, 0.2) is 0 Å². The van der Waals surface area contributed by atoms with E-state index in [0.29, 0.717) is 30.5 Å². The number of nitrogens with zero attached hydrogens (tertiary/aromatic N) is 3. The second kappa shape index (κ2) is 13.9. The first-order valence-corrected chi connectivity index (χ1v) is 16.2. The zero-order valence-electron chi connectivity index (χ0n) is 25.1. The number of aryl methyl sites for hydroxylation is 1. The second-order valence-electron chi connectivity index (χ2n) is 11.1. The SMILES string of the molecule is COc1ccc2ccc(S(=O)(=O)N(C(CCCc3ccccc3)C(N)=O)[C@H]3CCN(Cc4cccc(C=NN)c4)C3=O)cc2c1. The Hall–Kier alpha value is -4.74. The molecular formula is C34H37N5O5S. The van der Waals surface area contributed by atoms with Crippen LogP contribution >= 0.6 is 0 Å². The third kappa shape index (κ3) is 7.16. The molecule has 2 amide bonds. The highest BCUT2D eigenvalue weighted by molar-refractivity contribution is 7.89. The lowest BCUT2D eigenvalue weighted by atomic mass is 10.0. The summed E-state index contributed by atoms with van der Waals surface area (Å²) in [7, 11) is -2.83. The predicted molar refractivity (Wildman–Crippen MR) is 174 cm³/mol. The van der Waals surface area contributed by atoms with Crippen molar-refractivity contribution in [3.63, 3.8) is 0 Å². The van der Waals surface area contributed by atoms with Gasteiger partial charge < -0.3 is 21.2 Å². The summed E-state index contributed by atoms with van der Waals surface area (Å²) < 4.78 is 35.4. The summed E-state index contributed by atoms with van der Waals surface area (Å²) in [5, 5.41) is 5.03. The Bertz CT molecular complexity index is 1810. The zero-order valence-corrected chi connectivity index (χ0v) is 25.9. The number of ether oxygens (including phenoxy) is 1. The summed E-state index contributed by atoms with van der Waals surface area (Å²) in [5.41, 5.74) is 8.61. The number of hydrazone groups is 1. The average Bonchev–Trinajstić information content (AvgIpc) is 3.39. The van der Waals surface area contributed by atoms with E-state index in [1.807, 2.05) is 60.7 Å². The minimum Gasteiger partial charge on any atom is -0.497 e. The standard InChI is InChI=1S/C34H37N5O5S/c1-44-29-15-13-27-14-16-30(21-28(27)20-29)45(42,43)39(31(33(35)40)12-6-9-24-7-3-2-4-8-24)32-17-18-38(34(32)41)23-26-11-5-10-25(19-26)22-37-36/h2-5,7-8,10-11,13-16,19-22,31-32H,6,9,12,17-18,23,36H2,1H3,(H2,35,40)/t31?,32-/m0/s1. The number of methoxy groups -OCH3 is 1. The fourth-order valence-electron chi connectivity index (χ4n) is 5.90. The van der Waals surface area contributed by atoms with Crippen molar-refractivity contribution >= 4 is 38.8 Å². The smallest absolute Gasteiger partial charge is 0.244 e. The van der Waals surface area contributed by atoms with E-state index in [1.165, 1.54) is 19.4 Å². The molecule has 4 aromatic carbocycles. The molecule has 45 heavy (non-hydrogen) atoms. The number of sulfonamides is 1. The topological polar surface area (TPSA) is 148 Å². The summed E-state index contributed by atoms with van der Waals surface area (Å²) in [4.78, 5) is 28.6. The van der Waals surface area contributed by atoms with Gasteiger partial charge in [0.25, 0.3) is 0 Å². The summed E-state index contributed by atoms with van der Waals surface area (Å²) in [6, 6.07) is 25.0. The molecule has 10 nitrogen and oxygen atoms in total. The Morgan fingerprint density at radius 2 is 1.78 bits per heavy atom. The minimum atomic E-state index is -4.37. The van der Waals surface area contributed by atoms with Gasteiger partial charge in [-0.15, -0.1) is 0 Å². The van der Waals surface area contributed by atoms with Gasteiger partial charge in [0.2, 0.25) is 21.8 Å². The molecule has 1 fully saturated rings. The summed E-state index contributed by atoms with van der Waals surface area (Å²) in [6.45, 7) is 0.579. The molecular weight excluding hydrogens is 590 g/mol. The van der Waals surface area contributed by atoms with E-state index in [1.54, 1.807) is 29.2 Å². The number of carbonyl (C=O) groups is 2. The van der Waals surface area contributed by atoms with Crippen molar-refractivity contribution in [2.45, 2.75) is 49.2 Å². The molecule has 4 aromatic rings. The van der Waals surface area contributed by atoms with Gasteiger partial charge in [-0.25, -0.2) is 8.42 Å². The van der Waals surface area contributed by atoms with Gasteiger partial charge in [0.1, 0.15) is 17.8 Å². The maximum Gasteiger partial charge on any atom is 0.244 e. The number of rotatable bonds is 13. The molecule has 0 saturated carbocycles. The van der Waals surface area contributed by atoms with Crippen LogP contribution in [0.4, 0.5) is 0 Å². The van der Waals surface area contributed by atoms with E-state index in [-0.39, 0.29) is 30.2 Å². The van der Waals surface area contributed by atoms with Crippen LogP contribution in [0.2, 0.25) is 0 Å². The Balaban J connectivity index is 1.49. The van der Waals surface area contributed by atoms with E-state index in [2.05, 4.69) is 5.10 Å². The molecule has 1 heterocycles. The van der Waals surface area contributed by atoms with Crippen LogP contribution in [0.25, 0.3) is 10.8 Å². The molecule has 234 valence electrons. The highest BCUT2D eigenvalue weighted by atomic mass is 32.2. The number of primary amides is 1. The lowest BCUT2D eigenvalue weighted by Crippen LogP contribution is -2.55. The van der Waals surface area contributed by atoms with Crippen molar-refractivity contribution in [3.8, 4) is 5.75 Å². The highest BCUT2D eigenvalue weighted by Crippen LogP contribution is 2.32. The largest absolute Gasteiger partial charge is 0.497 e. The van der Waals surface area contributed by atoms with Gasteiger partial charge in [-0.3, -0.25) is 9.59 Å². The molecule has 1 unspecified atom stereocenters. The quantitative estimate of drug-likeness (QED) is 0.131. The average molecular weight is 628 g/mol. The first-order chi connectivity index (χ1) is 21.7. The number of nitrogens with two attached hydrogens (primary N) is 2. The predicted octanol–water partition coefficient (Wildman–Crippen LogP) is 3.81. The number of fused-ring (bicyclic) bond motifs is 1. The van der Waals surface area contributed by atoms with E-state index >= 15 is 0 Å². The summed E-state index contributed by atoms with van der Waals surface area (Å²) in [6.07, 6.45) is 3.01. The van der Waals surface area contributed by atoms with E-state index in [0.717, 1.165) is 26.4 Å². The molecule has 5 rings (SSSR count). The van der Waals surface area contributed by atoms with Gasteiger partial charge >= 0.3 is 0 Å². The van der Waals surface area contributed by atoms with Crippen LogP contribution in [0.3, 0.4) is 0 Å². The van der Waals surface area contributed by atoms with Crippen LogP contribution < -0.4 is 16.3 Å². The number of carbonyl (C=O) groups excluding carboxylic acids is 2. The molecule has 2 atom stereocenters. The fraction of sp³-hybridized carbons (Fsp3) is 0.265. The number of likely N-dealkylation sites (tertiary alicyclic amines) is 1. The maximum absolute atomic E-state index is 14.5. The third-order valence-corrected chi connectivity index (χ3v) is 10.1. The van der Waals surface area contributed by atoms with Crippen molar-refractivity contribution < 1.29 is 22.7 Å². The van der Waals surface area contributed by atoms with Crippen molar-refractivity contribution in [2.75, 3.05) is 13.7 Å². The number of hydrogen-bond acceptors (Lipinski definition) is 7. The maximum atomic E-state index is 14.5. The van der Waals surface area contributed by atoms with Gasteiger partial charge in [-0.2, -0.15) is 9.41 Å². The first-order valence-electron chi connectivity index (χ1n) is 14.8. The normalized spacial score (nSPS) is 16.1. The molecule has 0 bridgehead atoms.